The van der Waals surface area contributed by atoms with Crippen LogP contribution in [0, 0.1) is 0 Å². The number of methoxy groups -OCH3 is 1. The highest BCUT2D eigenvalue weighted by molar-refractivity contribution is 7.89. The fraction of sp³-hybridized carbons (Fsp3) is 0.278. The van der Waals surface area contributed by atoms with E-state index in [-0.39, 0.29) is 22.2 Å². The Balaban J connectivity index is 1.82. The van der Waals surface area contributed by atoms with Crippen LogP contribution in [0.15, 0.2) is 53.4 Å². The molecule has 0 aliphatic carbocycles. The van der Waals surface area contributed by atoms with E-state index in [2.05, 4.69) is 10.0 Å². The van der Waals surface area contributed by atoms with Crippen LogP contribution in [-0.2, 0) is 21.2 Å². The summed E-state index contributed by atoms with van der Waals surface area (Å²) in [6.45, 7) is 0.110. The zero-order valence-electron chi connectivity index (χ0n) is 14.4. The lowest BCUT2D eigenvalue weighted by atomic mass is 10.1. The van der Waals surface area contributed by atoms with Gasteiger partial charge in [-0.15, -0.1) is 0 Å². The van der Waals surface area contributed by atoms with Crippen molar-refractivity contribution in [2.24, 2.45) is 0 Å². The number of amides is 1. The van der Waals surface area contributed by atoms with E-state index in [1.807, 2.05) is 30.3 Å². The zero-order valence-corrected chi connectivity index (χ0v) is 15.9. The van der Waals surface area contributed by atoms with Gasteiger partial charge in [0.2, 0.25) is 15.9 Å². The van der Waals surface area contributed by atoms with E-state index in [0.29, 0.717) is 6.54 Å². The summed E-state index contributed by atoms with van der Waals surface area (Å²) in [5.74, 6) is -0.243. The van der Waals surface area contributed by atoms with E-state index in [0.717, 1.165) is 12.8 Å². The maximum atomic E-state index is 12.4. The van der Waals surface area contributed by atoms with Gasteiger partial charge in [0.25, 0.3) is 0 Å². The molecule has 140 valence electrons. The number of carbonyl (C=O) groups is 1. The molecule has 2 rings (SSSR count). The molecule has 2 aromatic carbocycles. The van der Waals surface area contributed by atoms with Crippen molar-refractivity contribution < 1.29 is 17.9 Å². The molecule has 2 N–H and O–H groups in total. The summed E-state index contributed by atoms with van der Waals surface area (Å²) in [7, 11) is -2.55. The lowest BCUT2D eigenvalue weighted by Gasteiger charge is -2.11. The standard InChI is InChI=1S/C18H21ClN2O4S/c1-25-16-10-9-15(19)12-17(16)26(23,24)21-13-18(22)20-11-5-8-14-6-3-2-4-7-14/h2-4,6-7,9-10,12,21H,5,8,11,13H2,1H3,(H,20,22). The smallest absolute Gasteiger partial charge is 0.244 e. The number of carbonyl (C=O) groups excluding carboxylic acids is 1. The third-order valence-corrected chi connectivity index (χ3v) is 5.30. The molecule has 0 bridgehead atoms. The van der Waals surface area contributed by atoms with Gasteiger partial charge in [0.1, 0.15) is 10.6 Å². The summed E-state index contributed by atoms with van der Waals surface area (Å²) in [5, 5.41) is 2.95. The van der Waals surface area contributed by atoms with Gasteiger partial charge in [-0.05, 0) is 36.6 Å². The number of halogens is 1. The van der Waals surface area contributed by atoms with E-state index in [1.165, 1.54) is 30.9 Å². The van der Waals surface area contributed by atoms with Crippen LogP contribution in [0.4, 0.5) is 0 Å². The Bertz CT molecular complexity index is 842. The number of ether oxygens (including phenoxy) is 1. The van der Waals surface area contributed by atoms with E-state index in [9.17, 15) is 13.2 Å². The predicted octanol–water partition coefficient (Wildman–Crippen LogP) is 2.38. The average molecular weight is 397 g/mol. The first-order valence-corrected chi connectivity index (χ1v) is 9.92. The fourth-order valence-corrected chi connectivity index (χ4v) is 3.74. The molecule has 0 atom stereocenters. The molecule has 0 aliphatic rings. The van der Waals surface area contributed by atoms with E-state index in [4.69, 9.17) is 16.3 Å². The Labute approximate surface area is 158 Å². The Morgan fingerprint density at radius 1 is 1.15 bits per heavy atom. The maximum Gasteiger partial charge on any atom is 0.244 e. The monoisotopic (exact) mass is 396 g/mol. The van der Waals surface area contributed by atoms with Crippen molar-refractivity contribution in [3.63, 3.8) is 0 Å². The first-order chi connectivity index (χ1) is 12.4. The van der Waals surface area contributed by atoms with Crippen molar-refractivity contribution in [1.29, 1.82) is 0 Å². The Kier molecular flexibility index (Phi) is 7.44. The molecule has 0 saturated heterocycles. The molecular weight excluding hydrogens is 376 g/mol. The van der Waals surface area contributed by atoms with E-state index in [1.54, 1.807) is 0 Å². The van der Waals surface area contributed by atoms with Crippen molar-refractivity contribution in [1.82, 2.24) is 10.0 Å². The number of rotatable bonds is 9. The molecule has 6 nitrogen and oxygen atoms in total. The van der Waals surface area contributed by atoms with Crippen LogP contribution >= 0.6 is 11.6 Å². The number of sulfonamides is 1. The highest BCUT2D eigenvalue weighted by Gasteiger charge is 2.20. The van der Waals surface area contributed by atoms with E-state index >= 15 is 0 Å². The second-order valence-electron chi connectivity index (χ2n) is 5.56. The van der Waals surface area contributed by atoms with Gasteiger partial charge in [-0.25, -0.2) is 13.1 Å². The molecular formula is C18H21ClN2O4S. The lowest BCUT2D eigenvalue weighted by molar-refractivity contribution is -0.119. The van der Waals surface area contributed by atoms with Crippen LogP contribution < -0.4 is 14.8 Å². The van der Waals surface area contributed by atoms with Gasteiger partial charge in [0, 0.05) is 11.6 Å². The fourth-order valence-electron chi connectivity index (χ4n) is 2.33. The molecule has 0 radical (unpaired) electrons. The Hall–Kier alpha value is -2.09. The zero-order chi connectivity index (χ0) is 19.0. The van der Waals surface area contributed by atoms with Crippen molar-refractivity contribution in [3.8, 4) is 5.75 Å². The van der Waals surface area contributed by atoms with Gasteiger partial charge in [-0.3, -0.25) is 4.79 Å². The second kappa shape index (κ2) is 9.56. The van der Waals surface area contributed by atoms with Crippen LogP contribution in [0.1, 0.15) is 12.0 Å². The molecule has 0 aromatic heterocycles. The van der Waals surface area contributed by atoms with Crippen LogP contribution in [0.5, 0.6) is 5.75 Å². The molecule has 0 unspecified atom stereocenters. The van der Waals surface area contributed by atoms with Crippen LogP contribution in [0.3, 0.4) is 0 Å². The maximum absolute atomic E-state index is 12.4. The minimum atomic E-state index is -3.91. The quantitative estimate of drug-likeness (QED) is 0.637. The lowest BCUT2D eigenvalue weighted by Crippen LogP contribution is -2.37. The van der Waals surface area contributed by atoms with Crippen LogP contribution in [0.2, 0.25) is 5.02 Å². The molecule has 26 heavy (non-hydrogen) atoms. The summed E-state index contributed by atoms with van der Waals surface area (Å²) in [4.78, 5) is 11.8. The van der Waals surface area contributed by atoms with Crippen LogP contribution in [0.25, 0.3) is 0 Å². The number of benzene rings is 2. The second-order valence-corrected chi connectivity index (χ2v) is 7.73. The molecule has 0 fully saturated rings. The molecule has 2 aromatic rings. The third kappa shape index (κ3) is 6.01. The molecule has 0 heterocycles. The molecule has 0 spiro atoms. The average Bonchev–Trinajstić information content (AvgIpc) is 2.64. The first kappa shape index (κ1) is 20.2. The molecule has 0 saturated carbocycles. The largest absolute Gasteiger partial charge is 0.495 e. The summed E-state index contributed by atoms with van der Waals surface area (Å²) < 4.78 is 32.0. The van der Waals surface area contributed by atoms with Crippen molar-refractivity contribution in [2.75, 3.05) is 20.2 Å². The van der Waals surface area contributed by atoms with E-state index < -0.39 is 15.9 Å². The minimum absolute atomic E-state index is 0.107. The van der Waals surface area contributed by atoms with Crippen molar-refractivity contribution in [2.45, 2.75) is 17.7 Å². The Morgan fingerprint density at radius 3 is 2.58 bits per heavy atom. The highest BCUT2D eigenvalue weighted by atomic mass is 35.5. The molecule has 1 amide bonds. The molecule has 8 heteroatoms. The Morgan fingerprint density at radius 2 is 1.88 bits per heavy atom. The topological polar surface area (TPSA) is 84.5 Å². The summed E-state index contributed by atoms with van der Waals surface area (Å²) in [6, 6.07) is 14.2. The van der Waals surface area contributed by atoms with Crippen LogP contribution in [-0.4, -0.2) is 34.5 Å². The normalized spacial score (nSPS) is 11.2. The minimum Gasteiger partial charge on any atom is -0.495 e. The van der Waals surface area contributed by atoms with Gasteiger partial charge < -0.3 is 10.1 Å². The first-order valence-electron chi connectivity index (χ1n) is 8.06. The van der Waals surface area contributed by atoms with Gasteiger partial charge in [-0.1, -0.05) is 41.9 Å². The summed E-state index contributed by atoms with van der Waals surface area (Å²) in [6.07, 6.45) is 1.61. The number of hydrogen-bond acceptors (Lipinski definition) is 4. The number of hydrogen-bond donors (Lipinski definition) is 2. The third-order valence-electron chi connectivity index (χ3n) is 3.65. The SMILES string of the molecule is COc1ccc(Cl)cc1S(=O)(=O)NCC(=O)NCCCc1ccccc1. The number of aryl methyl sites for hydroxylation is 1. The summed E-state index contributed by atoms with van der Waals surface area (Å²) >= 11 is 5.85. The van der Waals surface area contributed by atoms with Crippen molar-refractivity contribution in [3.05, 3.63) is 59.1 Å². The highest BCUT2D eigenvalue weighted by Crippen LogP contribution is 2.26. The number of nitrogens with one attached hydrogen (secondary N) is 2. The van der Waals surface area contributed by atoms with Gasteiger partial charge in [0.05, 0.1) is 13.7 Å². The van der Waals surface area contributed by atoms with Gasteiger partial charge >= 0.3 is 0 Å². The van der Waals surface area contributed by atoms with Crippen molar-refractivity contribution >= 4 is 27.5 Å². The summed E-state index contributed by atoms with van der Waals surface area (Å²) in [5.41, 5.74) is 1.19. The molecule has 0 aliphatic heterocycles. The van der Waals surface area contributed by atoms with Gasteiger partial charge in [0.15, 0.2) is 0 Å². The van der Waals surface area contributed by atoms with Gasteiger partial charge in [-0.2, -0.15) is 0 Å². The predicted molar refractivity (Wildman–Crippen MR) is 101 cm³/mol.